The minimum absolute atomic E-state index is 0.0495. The number of amides is 2. The van der Waals surface area contributed by atoms with Crippen molar-refractivity contribution in [3.63, 3.8) is 0 Å². The van der Waals surface area contributed by atoms with Crippen LogP contribution in [0.1, 0.15) is 25.0 Å². The summed E-state index contributed by atoms with van der Waals surface area (Å²) in [5.74, 6) is -1.65. The number of carbonyl (C=O) groups is 2. The molecule has 7 nitrogen and oxygen atoms in total. The molecule has 0 bridgehead atoms. The van der Waals surface area contributed by atoms with E-state index in [0.717, 1.165) is 33.8 Å². The summed E-state index contributed by atoms with van der Waals surface area (Å²) < 4.78 is 39.3. The zero-order valence-corrected chi connectivity index (χ0v) is 20.0. The molecule has 174 valence electrons. The van der Waals surface area contributed by atoms with Gasteiger partial charge in [-0.1, -0.05) is 41.4 Å². The number of sulfonamides is 1. The lowest BCUT2D eigenvalue weighted by Crippen LogP contribution is -2.51. The van der Waals surface area contributed by atoms with Gasteiger partial charge in [-0.3, -0.25) is 13.9 Å². The highest BCUT2D eigenvalue weighted by atomic mass is 35.5. The van der Waals surface area contributed by atoms with Crippen LogP contribution in [0.2, 0.25) is 5.02 Å². The smallest absolute Gasteiger partial charge is 0.244 e. The van der Waals surface area contributed by atoms with Crippen LogP contribution in [-0.2, 0) is 26.2 Å². The van der Waals surface area contributed by atoms with E-state index in [9.17, 15) is 22.4 Å². The van der Waals surface area contributed by atoms with Gasteiger partial charge in [-0.25, -0.2) is 12.8 Å². The lowest BCUT2D eigenvalue weighted by atomic mass is 10.1. The number of nitrogens with zero attached hydrogens (tertiary/aromatic N) is 2. The Morgan fingerprint density at radius 1 is 1.19 bits per heavy atom. The van der Waals surface area contributed by atoms with Crippen LogP contribution in [0.25, 0.3) is 0 Å². The van der Waals surface area contributed by atoms with Crippen LogP contribution in [0.3, 0.4) is 0 Å². The fourth-order valence-electron chi connectivity index (χ4n) is 3.17. The van der Waals surface area contributed by atoms with Crippen LogP contribution < -0.4 is 9.62 Å². The van der Waals surface area contributed by atoms with Crippen molar-refractivity contribution < 1.29 is 22.4 Å². The summed E-state index contributed by atoms with van der Waals surface area (Å²) in [4.78, 5) is 27.1. The first-order chi connectivity index (χ1) is 14.9. The number of likely N-dealkylation sites (N-methyl/N-ethyl adjacent to an activating group) is 1. The van der Waals surface area contributed by atoms with E-state index in [1.807, 2.05) is 31.2 Å². The molecule has 0 saturated carbocycles. The third-order valence-corrected chi connectivity index (χ3v) is 6.25. The van der Waals surface area contributed by atoms with E-state index in [0.29, 0.717) is 6.54 Å². The van der Waals surface area contributed by atoms with Crippen molar-refractivity contribution in [2.24, 2.45) is 0 Å². The monoisotopic (exact) mass is 483 g/mol. The molecule has 0 aromatic heterocycles. The quantitative estimate of drug-likeness (QED) is 0.593. The van der Waals surface area contributed by atoms with E-state index >= 15 is 0 Å². The minimum atomic E-state index is -3.91. The largest absolute Gasteiger partial charge is 0.355 e. The van der Waals surface area contributed by atoms with Gasteiger partial charge in [0.15, 0.2) is 0 Å². The molecule has 2 aromatic rings. The van der Waals surface area contributed by atoms with Crippen molar-refractivity contribution in [2.45, 2.75) is 33.4 Å². The number of hydrogen-bond donors (Lipinski definition) is 1. The van der Waals surface area contributed by atoms with E-state index in [1.165, 1.54) is 11.0 Å². The molecule has 2 aromatic carbocycles. The lowest BCUT2D eigenvalue weighted by Gasteiger charge is -2.31. The normalized spacial score (nSPS) is 12.2. The molecule has 0 aliphatic heterocycles. The van der Waals surface area contributed by atoms with Crippen LogP contribution in [-0.4, -0.2) is 50.5 Å². The summed E-state index contributed by atoms with van der Waals surface area (Å²) in [6.45, 7) is 5.18. The van der Waals surface area contributed by atoms with E-state index in [-0.39, 0.29) is 23.2 Å². The van der Waals surface area contributed by atoms with Gasteiger partial charge >= 0.3 is 0 Å². The highest BCUT2D eigenvalue weighted by Crippen LogP contribution is 2.25. The molecule has 0 saturated heterocycles. The van der Waals surface area contributed by atoms with Gasteiger partial charge in [-0.05, 0) is 44.5 Å². The summed E-state index contributed by atoms with van der Waals surface area (Å²) in [7, 11) is -3.91. The molecule has 32 heavy (non-hydrogen) atoms. The molecule has 0 heterocycles. The molecule has 0 unspecified atom stereocenters. The van der Waals surface area contributed by atoms with Gasteiger partial charge in [0.2, 0.25) is 21.8 Å². The summed E-state index contributed by atoms with van der Waals surface area (Å²) in [5.41, 5.74) is 1.83. The predicted octanol–water partition coefficient (Wildman–Crippen LogP) is 3.11. The zero-order valence-electron chi connectivity index (χ0n) is 18.4. The summed E-state index contributed by atoms with van der Waals surface area (Å²) in [6.07, 6.45) is 0.940. The molecule has 0 aliphatic rings. The highest BCUT2D eigenvalue weighted by molar-refractivity contribution is 7.92. The maximum absolute atomic E-state index is 13.6. The number of rotatable bonds is 9. The van der Waals surface area contributed by atoms with Gasteiger partial charge in [0, 0.05) is 13.1 Å². The molecule has 0 radical (unpaired) electrons. The highest BCUT2D eigenvalue weighted by Gasteiger charge is 2.30. The number of aryl methyl sites for hydroxylation is 1. The number of carbonyl (C=O) groups excluding carboxylic acids is 2. The molecule has 0 spiro atoms. The number of halogens is 2. The standard InChI is InChI=1S/C22H27ClFN3O4S/c1-5-25-22(29)16(3)26(13-17-8-6-7-15(2)11-17)21(28)14-27(32(4,30)31)18-9-10-20(24)19(23)12-18/h6-12,16H,5,13-14H2,1-4H3,(H,25,29)/t16-/m0/s1. The third-order valence-electron chi connectivity index (χ3n) is 4.82. The van der Waals surface area contributed by atoms with Crippen molar-refractivity contribution in [1.82, 2.24) is 10.2 Å². The molecule has 0 fully saturated rings. The minimum Gasteiger partial charge on any atom is -0.355 e. The molecular formula is C22H27ClFN3O4S. The Labute approximate surface area is 193 Å². The van der Waals surface area contributed by atoms with E-state index < -0.39 is 34.3 Å². The second-order valence-electron chi connectivity index (χ2n) is 7.45. The Balaban J connectivity index is 2.40. The molecule has 10 heteroatoms. The second kappa shape index (κ2) is 10.8. The average Bonchev–Trinajstić information content (AvgIpc) is 2.71. The zero-order chi connectivity index (χ0) is 24.1. The van der Waals surface area contributed by atoms with Gasteiger partial charge < -0.3 is 10.2 Å². The van der Waals surface area contributed by atoms with Crippen molar-refractivity contribution >= 4 is 39.1 Å². The Morgan fingerprint density at radius 2 is 1.88 bits per heavy atom. The molecule has 0 aliphatic carbocycles. The number of nitrogens with one attached hydrogen (secondary N) is 1. The Hall–Kier alpha value is -2.65. The van der Waals surface area contributed by atoms with E-state index in [2.05, 4.69) is 5.32 Å². The van der Waals surface area contributed by atoms with Crippen LogP contribution in [0.4, 0.5) is 10.1 Å². The van der Waals surface area contributed by atoms with Gasteiger partial charge in [0.05, 0.1) is 17.0 Å². The first-order valence-corrected chi connectivity index (χ1v) is 12.2. The third kappa shape index (κ3) is 6.67. The van der Waals surface area contributed by atoms with Crippen LogP contribution >= 0.6 is 11.6 Å². The van der Waals surface area contributed by atoms with Gasteiger partial charge in [-0.15, -0.1) is 0 Å². The maximum Gasteiger partial charge on any atom is 0.244 e. The number of benzene rings is 2. The maximum atomic E-state index is 13.6. The van der Waals surface area contributed by atoms with Crippen molar-refractivity contribution in [3.05, 3.63) is 64.4 Å². The van der Waals surface area contributed by atoms with Crippen molar-refractivity contribution in [3.8, 4) is 0 Å². The molecule has 1 atom stereocenters. The molecule has 2 rings (SSSR count). The molecular weight excluding hydrogens is 457 g/mol. The summed E-state index contributed by atoms with van der Waals surface area (Å²) >= 11 is 5.81. The van der Waals surface area contributed by atoms with Gasteiger partial charge in [0.25, 0.3) is 0 Å². The lowest BCUT2D eigenvalue weighted by molar-refractivity contribution is -0.139. The van der Waals surface area contributed by atoms with E-state index in [4.69, 9.17) is 11.6 Å². The van der Waals surface area contributed by atoms with Crippen LogP contribution in [0.15, 0.2) is 42.5 Å². The van der Waals surface area contributed by atoms with Crippen LogP contribution in [0, 0.1) is 12.7 Å². The predicted molar refractivity (Wildman–Crippen MR) is 123 cm³/mol. The van der Waals surface area contributed by atoms with E-state index in [1.54, 1.807) is 13.8 Å². The summed E-state index contributed by atoms with van der Waals surface area (Å²) in [5, 5.41) is 2.42. The second-order valence-corrected chi connectivity index (χ2v) is 9.76. The fourth-order valence-corrected chi connectivity index (χ4v) is 4.18. The Bertz CT molecular complexity index is 1090. The SMILES string of the molecule is CCNC(=O)[C@H](C)N(Cc1cccc(C)c1)C(=O)CN(c1ccc(F)c(Cl)c1)S(C)(=O)=O. The van der Waals surface area contributed by atoms with Gasteiger partial charge in [0.1, 0.15) is 18.4 Å². The van der Waals surface area contributed by atoms with Gasteiger partial charge in [-0.2, -0.15) is 0 Å². The average molecular weight is 484 g/mol. The number of hydrogen-bond acceptors (Lipinski definition) is 4. The molecule has 2 amide bonds. The first-order valence-electron chi connectivity index (χ1n) is 9.99. The van der Waals surface area contributed by atoms with Crippen molar-refractivity contribution in [2.75, 3.05) is 23.7 Å². The Morgan fingerprint density at radius 3 is 2.44 bits per heavy atom. The number of anilines is 1. The Kier molecular flexibility index (Phi) is 8.63. The van der Waals surface area contributed by atoms with Crippen LogP contribution in [0.5, 0.6) is 0 Å². The van der Waals surface area contributed by atoms with Crippen molar-refractivity contribution in [1.29, 1.82) is 0 Å². The first kappa shape index (κ1) is 25.6. The topological polar surface area (TPSA) is 86.8 Å². The molecule has 1 N–H and O–H groups in total. The summed E-state index contributed by atoms with van der Waals surface area (Å²) in [6, 6.07) is 10.0. The fraction of sp³-hybridized carbons (Fsp3) is 0.364.